The van der Waals surface area contributed by atoms with Crippen molar-refractivity contribution in [1.82, 2.24) is 0 Å². The fourth-order valence-electron chi connectivity index (χ4n) is 1.89. The van der Waals surface area contributed by atoms with Crippen LogP contribution in [0.15, 0.2) is 48.5 Å². The molecule has 0 bridgehead atoms. The summed E-state index contributed by atoms with van der Waals surface area (Å²) in [6.45, 7) is 0.296. The second-order valence-electron chi connectivity index (χ2n) is 4.52. The van der Waals surface area contributed by atoms with E-state index in [-0.39, 0.29) is 12.2 Å². The van der Waals surface area contributed by atoms with E-state index >= 15 is 0 Å². The van der Waals surface area contributed by atoms with Gasteiger partial charge in [0, 0.05) is 17.5 Å². The number of rotatable bonds is 6. The zero-order chi connectivity index (χ0) is 15.2. The molecule has 5 heteroatoms. The van der Waals surface area contributed by atoms with Crippen LogP contribution in [0, 0.1) is 0 Å². The Balaban J connectivity index is 2.05. The topological polar surface area (TPSA) is 43.4 Å². The van der Waals surface area contributed by atoms with Gasteiger partial charge in [0.05, 0.1) is 18.5 Å². The van der Waals surface area contributed by atoms with Crippen LogP contribution in [0.3, 0.4) is 0 Å². The zero-order valence-electron chi connectivity index (χ0n) is 11.0. The van der Waals surface area contributed by atoms with Gasteiger partial charge < -0.3 is 0 Å². The lowest BCUT2D eigenvalue weighted by Crippen LogP contribution is -2.04. The fourth-order valence-corrected chi connectivity index (χ4v) is 2.14. The summed E-state index contributed by atoms with van der Waals surface area (Å²) in [5, 5.41) is -0.509. The second kappa shape index (κ2) is 7.36. The van der Waals surface area contributed by atoms with Crippen molar-refractivity contribution in [2.45, 2.75) is 13.0 Å². The standard InChI is InChI=1S/C16H12Cl2O3/c17-16(20)14-7-1-11(2-8-14)9-15(19)13-5-3-12(4-6-13)10-21-18/h1-8H,9-10H2. The second-order valence-corrected chi connectivity index (χ2v) is 5.08. The Morgan fingerprint density at radius 2 is 1.38 bits per heavy atom. The van der Waals surface area contributed by atoms with Gasteiger partial charge in [-0.15, -0.1) is 0 Å². The Kier molecular flexibility index (Phi) is 5.51. The molecular weight excluding hydrogens is 311 g/mol. The van der Waals surface area contributed by atoms with E-state index in [2.05, 4.69) is 4.29 Å². The molecule has 0 amide bonds. The van der Waals surface area contributed by atoms with Crippen LogP contribution in [0.5, 0.6) is 0 Å². The van der Waals surface area contributed by atoms with E-state index in [1.165, 1.54) is 0 Å². The molecule has 2 aromatic rings. The highest BCUT2D eigenvalue weighted by Gasteiger charge is 2.08. The summed E-state index contributed by atoms with van der Waals surface area (Å²) in [5.74, 6) is -0.00158. The third-order valence-electron chi connectivity index (χ3n) is 3.04. The van der Waals surface area contributed by atoms with Crippen LogP contribution in [0.4, 0.5) is 0 Å². The molecule has 0 radical (unpaired) electrons. The molecule has 0 aliphatic rings. The van der Waals surface area contributed by atoms with Gasteiger partial charge in [-0.05, 0) is 34.9 Å². The third kappa shape index (κ3) is 4.39. The number of Topliss-reactive ketones (excluding diaryl/α,β-unsaturated/α-hetero) is 1. The summed E-state index contributed by atoms with van der Waals surface area (Å²) >= 11 is 10.6. The summed E-state index contributed by atoms with van der Waals surface area (Å²) in [7, 11) is 0. The summed E-state index contributed by atoms with van der Waals surface area (Å²) in [6.07, 6.45) is 0.266. The van der Waals surface area contributed by atoms with Crippen molar-refractivity contribution in [2.24, 2.45) is 0 Å². The molecule has 0 N–H and O–H groups in total. The summed E-state index contributed by atoms with van der Waals surface area (Å²) in [6, 6.07) is 13.7. The van der Waals surface area contributed by atoms with Crippen LogP contribution >= 0.6 is 23.5 Å². The lowest BCUT2D eigenvalue weighted by molar-refractivity contribution is 0.0992. The van der Waals surface area contributed by atoms with E-state index in [9.17, 15) is 9.59 Å². The highest BCUT2D eigenvalue weighted by atomic mass is 35.5. The molecule has 0 saturated heterocycles. The molecule has 108 valence electrons. The molecule has 0 spiro atoms. The van der Waals surface area contributed by atoms with E-state index in [1.807, 2.05) is 0 Å². The summed E-state index contributed by atoms with van der Waals surface area (Å²) in [5.41, 5.74) is 2.76. The number of hydrogen-bond acceptors (Lipinski definition) is 3. The smallest absolute Gasteiger partial charge is 0.252 e. The third-order valence-corrected chi connectivity index (χ3v) is 3.37. The van der Waals surface area contributed by atoms with E-state index in [4.69, 9.17) is 23.5 Å². The predicted octanol–water partition coefficient (Wildman–Crippen LogP) is 4.16. The van der Waals surface area contributed by atoms with Gasteiger partial charge >= 0.3 is 0 Å². The van der Waals surface area contributed by atoms with E-state index in [0.29, 0.717) is 17.7 Å². The minimum Gasteiger partial charge on any atom is -0.294 e. The van der Waals surface area contributed by atoms with Gasteiger partial charge in [0.1, 0.15) is 0 Å². The fraction of sp³-hybridized carbons (Fsp3) is 0.125. The van der Waals surface area contributed by atoms with Gasteiger partial charge in [-0.3, -0.25) is 13.9 Å². The van der Waals surface area contributed by atoms with E-state index < -0.39 is 5.24 Å². The average Bonchev–Trinajstić information content (AvgIpc) is 2.49. The molecule has 3 nitrogen and oxygen atoms in total. The first-order valence-corrected chi connectivity index (χ1v) is 6.93. The summed E-state index contributed by atoms with van der Waals surface area (Å²) < 4.78 is 4.50. The van der Waals surface area contributed by atoms with E-state index in [1.54, 1.807) is 48.5 Å². The molecule has 0 atom stereocenters. The van der Waals surface area contributed by atoms with Gasteiger partial charge in [-0.1, -0.05) is 36.4 Å². The molecule has 2 rings (SSSR count). The maximum Gasteiger partial charge on any atom is 0.252 e. The molecule has 0 saturated carbocycles. The molecule has 2 aromatic carbocycles. The number of carbonyl (C=O) groups is 2. The normalized spacial score (nSPS) is 10.4. The number of carbonyl (C=O) groups excluding carboxylic acids is 2. The molecule has 0 aliphatic carbocycles. The number of benzene rings is 2. The van der Waals surface area contributed by atoms with E-state index in [0.717, 1.165) is 11.1 Å². The first-order chi connectivity index (χ1) is 10.1. The predicted molar refractivity (Wildman–Crippen MR) is 81.7 cm³/mol. The van der Waals surface area contributed by atoms with Gasteiger partial charge in [-0.2, -0.15) is 0 Å². The largest absolute Gasteiger partial charge is 0.294 e. The molecule has 0 aromatic heterocycles. The number of hydrogen-bond donors (Lipinski definition) is 0. The summed E-state index contributed by atoms with van der Waals surface area (Å²) in [4.78, 5) is 23.1. The van der Waals surface area contributed by atoms with Gasteiger partial charge in [0.2, 0.25) is 0 Å². The number of halogens is 2. The maximum absolute atomic E-state index is 12.2. The lowest BCUT2D eigenvalue weighted by atomic mass is 10.0. The van der Waals surface area contributed by atoms with Crippen LogP contribution in [0.2, 0.25) is 0 Å². The Morgan fingerprint density at radius 3 is 1.90 bits per heavy atom. The molecule has 0 heterocycles. The Hall–Kier alpha value is -1.68. The highest BCUT2D eigenvalue weighted by molar-refractivity contribution is 6.67. The average molecular weight is 323 g/mol. The SMILES string of the molecule is O=C(Cl)c1ccc(CC(=O)c2ccc(COCl)cc2)cc1. The minimum atomic E-state index is -0.509. The first-order valence-electron chi connectivity index (χ1n) is 6.24. The Labute approximate surface area is 132 Å². The van der Waals surface area contributed by atoms with Crippen LogP contribution in [-0.2, 0) is 17.3 Å². The van der Waals surface area contributed by atoms with Crippen molar-refractivity contribution >= 4 is 34.5 Å². The van der Waals surface area contributed by atoms with Crippen molar-refractivity contribution in [2.75, 3.05) is 0 Å². The van der Waals surface area contributed by atoms with Crippen molar-refractivity contribution in [1.29, 1.82) is 0 Å². The quantitative estimate of drug-likeness (QED) is 0.592. The number of ketones is 1. The monoisotopic (exact) mass is 322 g/mol. The highest BCUT2D eigenvalue weighted by Crippen LogP contribution is 2.12. The lowest BCUT2D eigenvalue weighted by Gasteiger charge is -2.04. The molecule has 0 aliphatic heterocycles. The molecular formula is C16H12Cl2O3. The molecule has 0 fully saturated rings. The van der Waals surface area contributed by atoms with Gasteiger partial charge in [0.15, 0.2) is 5.78 Å². The zero-order valence-corrected chi connectivity index (χ0v) is 12.5. The molecule has 21 heavy (non-hydrogen) atoms. The first kappa shape index (κ1) is 15.7. The van der Waals surface area contributed by atoms with Crippen molar-refractivity contribution in [3.63, 3.8) is 0 Å². The van der Waals surface area contributed by atoms with Crippen molar-refractivity contribution < 1.29 is 13.9 Å². The Morgan fingerprint density at radius 1 is 0.857 bits per heavy atom. The van der Waals surface area contributed by atoms with Crippen molar-refractivity contribution in [3.05, 3.63) is 70.8 Å². The van der Waals surface area contributed by atoms with Crippen LogP contribution < -0.4 is 0 Å². The Bertz CT molecular complexity index is 634. The van der Waals surface area contributed by atoms with Crippen molar-refractivity contribution in [3.8, 4) is 0 Å². The van der Waals surface area contributed by atoms with Crippen LogP contribution in [0.25, 0.3) is 0 Å². The minimum absolute atomic E-state index is 0.00158. The van der Waals surface area contributed by atoms with Gasteiger partial charge in [0.25, 0.3) is 5.24 Å². The van der Waals surface area contributed by atoms with Gasteiger partial charge in [-0.25, -0.2) is 0 Å². The molecule has 0 unspecified atom stereocenters. The van der Waals surface area contributed by atoms with Crippen LogP contribution in [-0.4, -0.2) is 11.0 Å². The van der Waals surface area contributed by atoms with Crippen LogP contribution in [0.1, 0.15) is 31.8 Å². The maximum atomic E-state index is 12.2.